The number of allylic oxidation sites excluding steroid dienone is 2. The molecule has 0 aromatic carbocycles. The second kappa shape index (κ2) is 10.2. The minimum absolute atomic E-state index is 0.356. The van der Waals surface area contributed by atoms with E-state index in [1.807, 2.05) is 24.6 Å². The molecule has 1 aromatic heterocycles. The molecule has 0 aliphatic carbocycles. The monoisotopic (exact) mass is 313 g/mol. The van der Waals surface area contributed by atoms with E-state index in [1.165, 1.54) is 6.92 Å². The molecule has 1 rings (SSSR count). The Bertz CT molecular complexity index is 644. The molecule has 0 spiro atoms. The van der Waals surface area contributed by atoms with Gasteiger partial charge in [-0.3, -0.25) is 9.79 Å². The lowest BCUT2D eigenvalue weighted by atomic mass is 10.1. The van der Waals surface area contributed by atoms with Crippen molar-refractivity contribution in [2.45, 2.75) is 40.2 Å². The number of rotatable bonds is 7. The molecule has 0 amide bonds. The van der Waals surface area contributed by atoms with Crippen LogP contribution in [0.1, 0.15) is 33.6 Å². The predicted molar refractivity (Wildman–Crippen MR) is 91.9 cm³/mol. The molecule has 0 aliphatic heterocycles. The summed E-state index contributed by atoms with van der Waals surface area (Å²) in [6.45, 7) is 10.6. The lowest BCUT2D eigenvalue weighted by molar-refractivity contribution is -0.136. The number of hydrogen-bond donors (Lipinski definition) is 0. The zero-order valence-electron chi connectivity index (χ0n) is 14.0. The Morgan fingerprint density at radius 1 is 1.48 bits per heavy atom. The number of esters is 1. The molecule has 0 saturated heterocycles. The van der Waals surface area contributed by atoms with Crippen LogP contribution in [0.15, 0.2) is 47.7 Å². The van der Waals surface area contributed by atoms with E-state index in [0.29, 0.717) is 17.9 Å². The van der Waals surface area contributed by atoms with Crippen LogP contribution in [0.4, 0.5) is 0 Å². The summed E-state index contributed by atoms with van der Waals surface area (Å²) < 4.78 is 7.18. The number of aromatic nitrogens is 2. The minimum atomic E-state index is -0.399. The molecule has 5 nitrogen and oxygen atoms in total. The van der Waals surface area contributed by atoms with E-state index < -0.39 is 5.97 Å². The molecule has 0 bridgehead atoms. The number of ether oxygens (including phenoxy) is 1. The first-order chi connectivity index (χ1) is 11.0. The summed E-state index contributed by atoms with van der Waals surface area (Å²) in [5, 5.41) is 0. The van der Waals surface area contributed by atoms with Crippen molar-refractivity contribution in [1.82, 2.24) is 9.55 Å². The molecule has 0 radical (unpaired) electrons. The standard InChI is InChI=1S/C18H23N3O2/c1-5-6-7-9-18(23-17(4)22)15(2)16(3)20-10-8-12-21-13-11-19-14-21/h9,11,13-14H,2,5,8,10,12H2,1,3-4H3/b18-9+,20-16?. The third kappa shape index (κ3) is 7.28. The summed E-state index contributed by atoms with van der Waals surface area (Å²) >= 11 is 0. The maximum Gasteiger partial charge on any atom is 0.308 e. The van der Waals surface area contributed by atoms with Crippen molar-refractivity contribution in [3.8, 4) is 11.8 Å². The summed E-state index contributed by atoms with van der Waals surface area (Å²) in [6.07, 6.45) is 8.65. The second-order valence-corrected chi connectivity index (χ2v) is 4.88. The van der Waals surface area contributed by atoms with E-state index in [2.05, 4.69) is 28.4 Å². The van der Waals surface area contributed by atoms with Crippen LogP contribution in [0.5, 0.6) is 0 Å². The number of imidazole rings is 1. The van der Waals surface area contributed by atoms with Crippen LogP contribution in [-0.4, -0.2) is 27.8 Å². The van der Waals surface area contributed by atoms with Gasteiger partial charge in [0.15, 0.2) is 0 Å². The molecular formula is C18H23N3O2. The van der Waals surface area contributed by atoms with Gasteiger partial charge in [-0.2, -0.15) is 0 Å². The van der Waals surface area contributed by atoms with E-state index >= 15 is 0 Å². The largest absolute Gasteiger partial charge is 0.425 e. The highest BCUT2D eigenvalue weighted by Crippen LogP contribution is 2.12. The first-order valence-electron chi connectivity index (χ1n) is 7.58. The highest BCUT2D eigenvalue weighted by atomic mass is 16.5. The predicted octanol–water partition coefficient (Wildman–Crippen LogP) is 3.15. The van der Waals surface area contributed by atoms with Crippen LogP contribution in [0.2, 0.25) is 0 Å². The van der Waals surface area contributed by atoms with Gasteiger partial charge in [-0.05, 0) is 13.3 Å². The van der Waals surface area contributed by atoms with Crippen molar-refractivity contribution in [3.63, 3.8) is 0 Å². The normalized spacial score (nSPS) is 11.6. The van der Waals surface area contributed by atoms with Crippen molar-refractivity contribution in [2.24, 2.45) is 4.99 Å². The number of nitrogens with zero attached hydrogens (tertiary/aromatic N) is 3. The number of aliphatic imine (C=N–C) groups is 1. The Morgan fingerprint density at radius 2 is 2.26 bits per heavy atom. The van der Waals surface area contributed by atoms with Crippen molar-refractivity contribution in [2.75, 3.05) is 6.54 Å². The molecule has 0 saturated carbocycles. The van der Waals surface area contributed by atoms with Gasteiger partial charge < -0.3 is 9.30 Å². The zero-order valence-corrected chi connectivity index (χ0v) is 14.0. The van der Waals surface area contributed by atoms with Crippen LogP contribution < -0.4 is 0 Å². The quantitative estimate of drug-likeness (QED) is 0.194. The van der Waals surface area contributed by atoms with E-state index in [9.17, 15) is 4.79 Å². The Morgan fingerprint density at radius 3 is 2.87 bits per heavy atom. The maximum atomic E-state index is 11.2. The third-order valence-electron chi connectivity index (χ3n) is 2.95. The van der Waals surface area contributed by atoms with Gasteiger partial charge in [-0.1, -0.05) is 25.3 Å². The molecule has 5 heteroatoms. The average molecular weight is 313 g/mol. The Kier molecular flexibility index (Phi) is 8.16. The molecule has 0 unspecified atom stereocenters. The van der Waals surface area contributed by atoms with Gasteiger partial charge in [0.2, 0.25) is 0 Å². The molecular weight excluding hydrogens is 290 g/mol. The Labute approximate surface area is 137 Å². The van der Waals surface area contributed by atoms with Gasteiger partial charge in [-0.25, -0.2) is 4.98 Å². The summed E-state index contributed by atoms with van der Waals surface area (Å²) in [4.78, 5) is 19.7. The van der Waals surface area contributed by atoms with E-state index in [1.54, 1.807) is 18.6 Å². The van der Waals surface area contributed by atoms with Gasteiger partial charge in [-0.15, -0.1) is 0 Å². The Hall–Kier alpha value is -2.61. The van der Waals surface area contributed by atoms with Crippen LogP contribution in [0.25, 0.3) is 0 Å². The summed E-state index contributed by atoms with van der Waals surface area (Å²) in [6, 6.07) is 0. The third-order valence-corrected chi connectivity index (χ3v) is 2.95. The van der Waals surface area contributed by atoms with Gasteiger partial charge in [0, 0.05) is 56.2 Å². The lowest BCUT2D eigenvalue weighted by Gasteiger charge is -2.09. The first kappa shape index (κ1) is 18.4. The smallest absolute Gasteiger partial charge is 0.308 e. The van der Waals surface area contributed by atoms with Crippen LogP contribution in [0, 0.1) is 11.8 Å². The van der Waals surface area contributed by atoms with Crippen LogP contribution >= 0.6 is 0 Å². The second-order valence-electron chi connectivity index (χ2n) is 4.88. The SMILES string of the molecule is C=C(C(C)=NCCCn1ccnc1)/C(=C\C#CCC)OC(C)=O. The molecule has 23 heavy (non-hydrogen) atoms. The number of carbonyl (C=O) groups is 1. The summed E-state index contributed by atoms with van der Waals surface area (Å²) in [5.74, 6) is 5.71. The molecule has 0 N–H and O–H groups in total. The minimum Gasteiger partial charge on any atom is -0.425 e. The van der Waals surface area contributed by atoms with Gasteiger partial charge in [0.25, 0.3) is 0 Å². The van der Waals surface area contributed by atoms with Crippen molar-refractivity contribution in [3.05, 3.63) is 42.7 Å². The zero-order chi connectivity index (χ0) is 17.1. The Balaban J connectivity index is 2.63. The van der Waals surface area contributed by atoms with Crippen LogP contribution in [-0.2, 0) is 16.1 Å². The van der Waals surface area contributed by atoms with Crippen molar-refractivity contribution < 1.29 is 9.53 Å². The molecule has 1 heterocycles. The molecule has 0 fully saturated rings. The van der Waals surface area contributed by atoms with Gasteiger partial charge >= 0.3 is 5.97 Å². The number of hydrogen-bond acceptors (Lipinski definition) is 4. The average Bonchev–Trinajstić information content (AvgIpc) is 3.02. The van der Waals surface area contributed by atoms with E-state index in [-0.39, 0.29) is 0 Å². The fourth-order valence-corrected chi connectivity index (χ4v) is 1.74. The number of carbonyl (C=O) groups excluding carboxylic acids is 1. The van der Waals surface area contributed by atoms with Crippen molar-refractivity contribution in [1.29, 1.82) is 0 Å². The summed E-state index contributed by atoms with van der Waals surface area (Å²) in [7, 11) is 0. The maximum absolute atomic E-state index is 11.2. The van der Waals surface area contributed by atoms with Crippen LogP contribution in [0.3, 0.4) is 0 Å². The topological polar surface area (TPSA) is 56.5 Å². The highest BCUT2D eigenvalue weighted by Gasteiger charge is 2.09. The van der Waals surface area contributed by atoms with Crippen molar-refractivity contribution >= 4 is 11.7 Å². The van der Waals surface area contributed by atoms with Gasteiger partial charge in [0.05, 0.1) is 6.33 Å². The molecule has 1 aromatic rings. The fraction of sp³-hybridized carbons (Fsp3) is 0.389. The number of aryl methyl sites for hydroxylation is 1. The van der Waals surface area contributed by atoms with E-state index in [0.717, 1.165) is 25.1 Å². The highest BCUT2D eigenvalue weighted by molar-refractivity contribution is 6.01. The van der Waals surface area contributed by atoms with Gasteiger partial charge in [0.1, 0.15) is 5.76 Å². The molecule has 0 aliphatic rings. The molecule has 0 atom stereocenters. The fourth-order valence-electron chi connectivity index (χ4n) is 1.74. The lowest BCUT2D eigenvalue weighted by Crippen LogP contribution is -2.07. The van der Waals surface area contributed by atoms with E-state index in [4.69, 9.17) is 4.74 Å². The summed E-state index contributed by atoms with van der Waals surface area (Å²) in [5.41, 5.74) is 1.31. The molecule has 122 valence electrons. The first-order valence-corrected chi connectivity index (χ1v) is 7.58.